The zero-order valence-corrected chi connectivity index (χ0v) is 12.8. The maximum Gasteiger partial charge on any atom is 0.258 e. The van der Waals surface area contributed by atoms with Crippen molar-refractivity contribution in [3.05, 3.63) is 39.9 Å². The Hall–Kier alpha value is -1.07. The van der Waals surface area contributed by atoms with Gasteiger partial charge in [-0.25, -0.2) is 5.01 Å². The lowest BCUT2D eigenvalue weighted by atomic mass is 10.2. The molecule has 0 aliphatic carbocycles. The summed E-state index contributed by atoms with van der Waals surface area (Å²) in [6.07, 6.45) is 3.08. The Bertz CT molecular complexity index is 491. The predicted molar refractivity (Wildman–Crippen MR) is 82.7 cm³/mol. The Labute approximate surface area is 128 Å². The summed E-state index contributed by atoms with van der Waals surface area (Å²) >= 11 is 12.1. The summed E-state index contributed by atoms with van der Waals surface area (Å²) in [5.41, 5.74) is 3.50. The van der Waals surface area contributed by atoms with E-state index >= 15 is 0 Å². The minimum atomic E-state index is -0.175. The molecule has 1 heterocycles. The third-order valence-corrected chi connectivity index (χ3v) is 3.83. The Morgan fingerprint density at radius 1 is 1.20 bits per heavy atom. The Balaban J connectivity index is 1.92. The van der Waals surface area contributed by atoms with Gasteiger partial charge in [-0.15, -0.1) is 0 Å². The summed E-state index contributed by atoms with van der Waals surface area (Å²) in [6.45, 7) is 3.53. The lowest BCUT2D eigenvalue weighted by Crippen LogP contribution is -2.52. The first kappa shape index (κ1) is 15.3. The molecule has 0 unspecified atom stereocenters. The summed E-state index contributed by atoms with van der Waals surface area (Å²) in [4.78, 5) is 14.1. The lowest BCUT2D eigenvalue weighted by Gasteiger charge is -2.31. The van der Waals surface area contributed by atoms with Crippen LogP contribution >= 0.6 is 23.2 Å². The molecule has 0 radical (unpaired) electrons. The van der Waals surface area contributed by atoms with Gasteiger partial charge in [0.05, 0.1) is 0 Å². The van der Waals surface area contributed by atoms with Crippen molar-refractivity contribution >= 4 is 35.2 Å². The lowest BCUT2D eigenvalue weighted by molar-refractivity contribution is -0.121. The first-order valence-electron chi connectivity index (χ1n) is 6.42. The van der Waals surface area contributed by atoms with Crippen molar-refractivity contribution in [3.8, 4) is 0 Å². The van der Waals surface area contributed by atoms with Crippen LogP contribution < -0.4 is 5.43 Å². The van der Waals surface area contributed by atoms with E-state index < -0.39 is 0 Å². The molecule has 1 aliphatic heterocycles. The predicted octanol–water partition coefficient (Wildman–Crippen LogP) is 2.29. The van der Waals surface area contributed by atoms with Crippen LogP contribution in [0.15, 0.2) is 24.3 Å². The molecule has 1 aromatic carbocycles. The van der Waals surface area contributed by atoms with Gasteiger partial charge < -0.3 is 4.90 Å². The van der Waals surface area contributed by atoms with E-state index in [9.17, 15) is 4.79 Å². The highest BCUT2D eigenvalue weighted by atomic mass is 35.5. The number of likely N-dealkylation sites (N-methyl/N-ethyl adjacent to an activating group) is 1. The summed E-state index contributed by atoms with van der Waals surface area (Å²) < 4.78 is 0. The summed E-state index contributed by atoms with van der Waals surface area (Å²) in [6, 6.07) is 5.25. The van der Waals surface area contributed by atoms with Gasteiger partial charge in [0, 0.05) is 47.9 Å². The molecule has 20 heavy (non-hydrogen) atoms. The van der Waals surface area contributed by atoms with Crippen molar-refractivity contribution in [3.63, 3.8) is 0 Å². The average molecular weight is 314 g/mol. The molecule has 1 aromatic rings. The fourth-order valence-electron chi connectivity index (χ4n) is 1.94. The summed E-state index contributed by atoms with van der Waals surface area (Å²) in [5.74, 6) is -0.175. The minimum Gasteiger partial charge on any atom is -0.304 e. The van der Waals surface area contributed by atoms with Gasteiger partial charge in [-0.2, -0.15) is 0 Å². The molecular weight excluding hydrogens is 297 g/mol. The number of hydrogen-bond acceptors (Lipinski definition) is 3. The van der Waals surface area contributed by atoms with Crippen molar-refractivity contribution < 1.29 is 4.79 Å². The monoisotopic (exact) mass is 313 g/mol. The zero-order valence-electron chi connectivity index (χ0n) is 11.3. The molecule has 0 aromatic heterocycles. The maximum absolute atomic E-state index is 11.8. The molecule has 108 valence electrons. The van der Waals surface area contributed by atoms with Gasteiger partial charge in [-0.05, 0) is 25.3 Å². The van der Waals surface area contributed by atoms with Gasteiger partial charge in [-0.3, -0.25) is 10.2 Å². The molecule has 0 atom stereocenters. The number of hydrogen-bond donors (Lipinski definition) is 1. The SMILES string of the molecule is CN1CCN(NC(=O)/C=C/c2c(Cl)cccc2Cl)CC1. The second kappa shape index (κ2) is 7.09. The van der Waals surface area contributed by atoms with Gasteiger partial charge in [0.15, 0.2) is 0 Å². The van der Waals surface area contributed by atoms with Crippen LogP contribution in [0.25, 0.3) is 6.08 Å². The number of piperazine rings is 1. The van der Waals surface area contributed by atoms with Crippen LogP contribution in [0.4, 0.5) is 0 Å². The normalized spacial score (nSPS) is 17.6. The largest absolute Gasteiger partial charge is 0.304 e. The number of amides is 1. The van der Waals surface area contributed by atoms with Crippen LogP contribution in [0, 0.1) is 0 Å². The number of carbonyl (C=O) groups is 1. The number of benzene rings is 1. The zero-order chi connectivity index (χ0) is 14.5. The summed E-state index contributed by atoms with van der Waals surface area (Å²) in [5, 5.41) is 2.98. The van der Waals surface area contributed by atoms with Crippen molar-refractivity contribution in [2.24, 2.45) is 0 Å². The van der Waals surface area contributed by atoms with E-state index in [1.807, 2.05) is 5.01 Å². The number of carbonyl (C=O) groups excluding carboxylic acids is 1. The van der Waals surface area contributed by atoms with Crippen LogP contribution in [0.1, 0.15) is 5.56 Å². The number of rotatable bonds is 3. The minimum absolute atomic E-state index is 0.175. The third-order valence-electron chi connectivity index (χ3n) is 3.17. The molecule has 1 aliphatic rings. The topological polar surface area (TPSA) is 35.6 Å². The number of nitrogens with one attached hydrogen (secondary N) is 1. The van der Waals surface area contributed by atoms with E-state index in [2.05, 4.69) is 17.4 Å². The van der Waals surface area contributed by atoms with E-state index in [4.69, 9.17) is 23.2 Å². The Kier molecular flexibility index (Phi) is 5.43. The second-order valence-electron chi connectivity index (χ2n) is 4.74. The first-order chi connectivity index (χ1) is 9.56. The van der Waals surface area contributed by atoms with Crippen molar-refractivity contribution in [2.75, 3.05) is 33.2 Å². The molecule has 6 heteroatoms. The molecule has 1 fully saturated rings. The van der Waals surface area contributed by atoms with Crippen molar-refractivity contribution in [1.82, 2.24) is 15.3 Å². The molecule has 0 spiro atoms. The average Bonchev–Trinajstić information content (AvgIpc) is 2.41. The standard InChI is InChI=1S/C14H17Cl2N3O/c1-18-7-9-19(10-8-18)17-14(20)6-5-11-12(15)3-2-4-13(11)16/h2-6H,7-10H2,1H3,(H,17,20)/b6-5+. The Morgan fingerprint density at radius 3 is 2.40 bits per heavy atom. The van der Waals surface area contributed by atoms with Gasteiger partial charge in [0.1, 0.15) is 0 Å². The molecular formula is C14H17Cl2N3O. The molecule has 4 nitrogen and oxygen atoms in total. The number of hydrazine groups is 1. The number of halogens is 2. The van der Waals surface area contributed by atoms with Gasteiger partial charge in [0.25, 0.3) is 5.91 Å². The second-order valence-corrected chi connectivity index (χ2v) is 5.55. The van der Waals surface area contributed by atoms with Gasteiger partial charge in [-0.1, -0.05) is 29.3 Å². The van der Waals surface area contributed by atoms with E-state index in [-0.39, 0.29) is 5.91 Å². The van der Waals surface area contributed by atoms with Gasteiger partial charge >= 0.3 is 0 Å². The fraction of sp³-hybridized carbons (Fsp3) is 0.357. The third kappa shape index (κ3) is 4.21. The summed E-state index contributed by atoms with van der Waals surface area (Å²) in [7, 11) is 2.07. The highest BCUT2D eigenvalue weighted by Gasteiger charge is 2.14. The fourth-order valence-corrected chi connectivity index (χ4v) is 2.46. The quantitative estimate of drug-likeness (QED) is 0.870. The Morgan fingerprint density at radius 2 is 1.80 bits per heavy atom. The van der Waals surface area contributed by atoms with Crippen LogP contribution in [-0.2, 0) is 4.79 Å². The number of nitrogens with zero attached hydrogens (tertiary/aromatic N) is 2. The van der Waals surface area contributed by atoms with Crippen molar-refractivity contribution in [1.29, 1.82) is 0 Å². The van der Waals surface area contributed by atoms with E-state index in [0.717, 1.165) is 26.2 Å². The highest BCUT2D eigenvalue weighted by Crippen LogP contribution is 2.25. The molecule has 2 rings (SSSR count). The van der Waals surface area contributed by atoms with Crippen LogP contribution in [-0.4, -0.2) is 49.0 Å². The molecule has 1 N–H and O–H groups in total. The molecule has 0 saturated carbocycles. The van der Waals surface area contributed by atoms with Crippen molar-refractivity contribution in [2.45, 2.75) is 0 Å². The van der Waals surface area contributed by atoms with Gasteiger partial charge in [0.2, 0.25) is 0 Å². The van der Waals surface area contributed by atoms with E-state index in [1.54, 1.807) is 24.3 Å². The maximum atomic E-state index is 11.8. The van der Waals surface area contributed by atoms with Crippen LogP contribution in [0.2, 0.25) is 10.0 Å². The van der Waals surface area contributed by atoms with Crippen LogP contribution in [0.3, 0.4) is 0 Å². The van der Waals surface area contributed by atoms with E-state index in [1.165, 1.54) is 6.08 Å². The smallest absolute Gasteiger partial charge is 0.258 e. The van der Waals surface area contributed by atoms with Crippen LogP contribution in [0.5, 0.6) is 0 Å². The molecule has 1 saturated heterocycles. The molecule has 1 amide bonds. The highest BCUT2D eigenvalue weighted by molar-refractivity contribution is 6.37. The van der Waals surface area contributed by atoms with E-state index in [0.29, 0.717) is 15.6 Å². The first-order valence-corrected chi connectivity index (χ1v) is 7.18. The molecule has 0 bridgehead atoms.